The predicted octanol–water partition coefficient (Wildman–Crippen LogP) is 4.17. The molecule has 0 aliphatic rings. The number of benzene rings is 2. The molecule has 0 aromatic heterocycles. The van der Waals surface area contributed by atoms with E-state index in [1.165, 1.54) is 0 Å². The van der Waals surface area contributed by atoms with E-state index in [1.54, 1.807) is 24.3 Å². The number of ether oxygens (including phenoxy) is 2. The Bertz CT molecular complexity index is 894. The fraction of sp³-hybridized carbons (Fsp3) is 0.409. The first-order chi connectivity index (χ1) is 14.2. The van der Waals surface area contributed by atoms with Crippen LogP contribution in [0, 0.1) is 0 Å². The van der Waals surface area contributed by atoms with Gasteiger partial charge in [0.1, 0.15) is 5.75 Å². The highest BCUT2D eigenvalue weighted by Crippen LogP contribution is 2.15. The first kappa shape index (κ1) is 23.7. The number of aryl methyl sites for hydroxylation is 1. The van der Waals surface area contributed by atoms with Crippen LogP contribution >= 0.6 is 0 Å². The summed E-state index contributed by atoms with van der Waals surface area (Å²) < 4.78 is 37.7. The maximum absolute atomic E-state index is 11.9. The van der Waals surface area contributed by atoms with Crippen LogP contribution in [0.1, 0.15) is 31.4 Å². The summed E-state index contributed by atoms with van der Waals surface area (Å²) in [4.78, 5) is 11.9. The van der Waals surface area contributed by atoms with E-state index in [0.717, 1.165) is 23.8 Å². The third kappa shape index (κ3) is 9.28. The molecule has 1 N–H and O–H groups in total. The van der Waals surface area contributed by atoms with Gasteiger partial charge in [-0.1, -0.05) is 24.3 Å². The summed E-state index contributed by atoms with van der Waals surface area (Å²) in [6, 6.07) is 14.4. The maximum Gasteiger partial charge on any atom is 0.411 e. The molecule has 0 saturated carbocycles. The third-order valence-electron chi connectivity index (χ3n) is 4.19. The summed E-state index contributed by atoms with van der Waals surface area (Å²) in [5.41, 5.74) is 2.81. The van der Waals surface area contributed by atoms with Crippen LogP contribution in [0.15, 0.2) is 48.5 Å². The Balaban J connectivity index is 1.68. The lowest BCUT2D eigenvalue weighted by molar-refractivity contribution is 0.0768. The second-order valence-corrected chi connectivity index (χ2v) is 8.54. The predicted molar refractivity (Wildman–Crippen MR) is 116 cm³/mol. The number of rotatable bonds is 11. The third-order valence-corrected chi connectivity index (χ3v) is 4.68. The first-order valence-corrected chi connectivity index (χ1v) is 11.7. The molecule has 1 atom stereocenters. The topological polar surface area (TPSA) is 90.9 Å². The summed E-state index contributed by atoms with van der Waals surface area (Å²) >= 11 is 0. The lowest BCUT2D eigenvalue weighted by Gasteiger charge is -2.12. The minimum Gasteiger partial charge on any atom is -0.449 e. The Morgan fingerprint density at radius 1 is 1.03 bits per heavy atom. The number of hydrogen-bond donors (Lipinski definition) is 1. The number of carbonyl (C=O) groups is 1. The standard InChI is InChI=1S/C22H29NO6S/c1-4-27-17(2)16-19-7-11-20(12-8-19)23-22(24)28-15-5-6-18-9-13-21(14-10-18)29-30(3,25)26/h7-14,17H,4-6,15-16H2,1-3H3,(H,23,24). The Kier molecular flexibility index (Phi) is 9.14. The van der Waals surface area contributed by atoms with E-state index in [-0.39, 0.29) is 18.5 Å². The Morgan fingerprint density at radius 2 is 1.67 bits per heavy atom. The van der Waals surface area contributed by atoms with Gasteiger partial charge in [0.25, 0.3) is 0 Å². The van der Waals surface area contributed by atoms with Crippen LogP contribution in [0.5, 0.6) is 5.75 Å². The zero-order valence-corrected chi connectivity index (χ0v) is 18.4. The van der Waals surface area contributed by atoms with Crippen molar-refractivity contribution in [2.45, 2.75) is 39.2 Å². The maximum atomic E-state index is 11.9. The van der Waals surface area contributed by atoms with Gasteiger partial charge in [0.05, 0.1) is 19.0 Å². The number of anilines is 1. The van der Waals surface area contributed by atoms with Crippen molar-refractivity contribution in [2.75, 3.05) is 24.8 Å². The van der Waals surface area contributed by atoms with E-state index in [2.05, 4.69) is 5.32 Å². The number of carbonyl (C=O) groups excluding carboxylic acids is 1. The Morgan fingerprint density at radius 3 is 2.27 bits per heavy atom. The van der Waals surface area contributed by atoms with Crippen molar-refractivity contribution in [1.29, 1.82) is 0 Å². The fourth-order valence-corrected chi connectivity index (χ4v) is 3.34. The summed E-state index contributed by atoms with van der Waals surface area (Å²) in [6.45, 7) is 4.97. The van der Waals surface area contributed by atoms with Gasteiger partial charge in [-0.05, 0) is 68.5 Å². The summed E-state index contributed by atoms with van der Waals surface area (Å²) in [7, 11) is -3.53. The molecule has 0 spiro atoms. The van der Waals surface area contributed by atoms with Crippen molar-refractivity contribution in [2.24, 2.45) is 0 Å². The molecule has 0 fully saturated rings. The van der Waals surface area contributed by atoms with Gasteiger partial charge < -0.3 is 13.7 Å². The summed E-state index contributed by atoms with van der Waals surface area (Å²) in [6.07, 6.45) is 2.82. The van der Waals surface area contributed by atoms with E-state index in [4.69, 9.17) is 13.7 Å². The lowest BCUT2D eigenvalue weighted by atomic mass is 10.1. The van der Waals surface area contributed by atoms with Crippen molar-refractivity contribution >= 4 is 21.9 Å². The monoisotopic (exact) mass is 435 g/mol. The van der Waals surface area contributed by atoms with Gasteiger partial charge in [-0.2, -0.15) is 8.42 Å². The van der Waals surface area contributed by atoms with Gasteiger partial charge in [-0.3, -0.25) is 5.32 Å². The van der Waals surface area contributed by atoms with Gasteiger partial charge in [0, 0.05) is 12.3 Å². The second kappa shape index (κ2) is 11.6. The average Bonchev–Trinajstić information content (AvgIpc) is 2.67. The molecule has 2 rings (SSSR count). The van der Waals surface area contributed by atoms with Crippen LogP contribution < -0.4 is 9.50 Å². The van der Waals surface area contributed by atoms with E-state index >= 15 is 0 Å². The van der Waals surface area contributed by atoms with E-state index in [9.17, 15) is 13.2 Å². The van der Waals surface area contributed by atoms with Crippen molar-refractivity contribution in [3.8, 4) is 5.75 Å². The van der Waals surface area contributed by atoms with Crippen LogP contribution in [0.4, 0.5) is 10.5 Å². The molecule has 0 aliphatic carbocycles. The molecule has 8 heteroatoms. The van der Waals surface area contributed by atoms with E-state index in [0.29, 0.717) is 25.1 Å². The summed E-state index contributed by atoms with van der Waals surface area (Å²) in [5.74, 6) is 0.273. The molecule has 164 valence electrons. The highest BCUT2D eigenvalue weighted by molar-refractivity contribution is 7.86. The SMILES string of the molecule is CCOC(C)Cc1ccc(NC(=O)OCCCc2ccc(OS(C)(=O)=O)cc2)cc1. The zero-order chi connectivity index (χ0) is 22.0. The molecule has 30 heavy (non-hydrogen) atoms. The molecule has 2 aromatic rings. The van der Waals surface area contributed by atoms with Gasteiger partial charge in [0.15, 0.2) is 0 Å². The smallest absolute Gasteiger partial charge is 0.411 e. The van der Waals surface area contributed by atoms with Gasteiger partial charge in [-0.15, -0.1) is 0 Å². The first-order valence-electron chi connectivity index (χ1n) is 9.88. The zero-order valence-electron chi connectivity index (χ0n) is 17.6. The Hall–Kier alpha value is -2.58. The molecule has 7 nitrogen and oxygen atoms in total. The second-order valence-electron chi connectivity index (χ2n) is 6.96. The van der Waals surface area contributed by atoms with Crippen molar-refractivity contribution in [1.82, 2.24) is 0 Å². The molecule has 0 saturated heterocycles. The molecule has 0 bridgehead atoms. The lowest BCUT2D eigenvalue weighted by Crippen LogP contribution is -2.15. The molecule has 0 heterocycles. The van der Waals surface area contributed by atoms with E-state index < -0.39 is 16.2 Å². The summed E-state index contributed by atoms with van der Waals surface area (Å²) in [5, 5.41) is 2.71. The average molecular weight is 436 g/mol. The minimum atomic E-state index is -3.53. The van der Waals surface area contributed by atoms with E-state index in [1.807, 2.05) is 38.1 Å². The number of hydrogen-bond acceptors (Lipinski definition) is 6. The molecule has 1 unspecified atom stereocenters. The van der Waals surface area contributed by atoms with Gasteiger partial charge >= 0.3 is 16.2 Å². The minimum absolute atomic E-state index is 0.155. The van der Waals surface area contributed by atoms with Crippen LogP contribution in [-0.2, 0) is 32.4 Å². The normalized spacial score (nSPS) is 12.2. The van der Waals surface area contributed by atoms with Crippen molar-refractivity contribution in [3.63, 3.8) is 0 Å². The number of nitrogens with one attached hydrogen (secondary N) is 1. The molecular weight excluding hydrogens is 406 g/mol. The molecule has 2 aromatic carbocycles. The Labute approximate surface area is 178 Å². The highest BCUT2D eigenvalue weighted by atomic mass is 32.2. The largest absolute Gasteiger partial charge is 0.449 e. The van der Waals surface area contributed by atoms with Crippen molar-refractivity contribution < 1.29 is 26.9 Å². The molecule has 0 radical (unpaired) electrons. The molecule has 1 amide bonds. The van der Waals surface area contributed by atoms with Crippen LogP contribution in [-0.4, -0.2) is 40.1 Å². The van der Waals surface area contributed by atoms with Crippen LogP contribution in [0.2, 0.25) is 0 Å². The molecule has 0 aliphatic heterocycles. The quantitative estimate of drug-likeness (QED) is 0.421. The van der Waals surface area contributed by atoms with Crippen LogP contribution in [0.25, 0.3) is 0 Å². The highest BCUT2D eigenvalue weighted by Gasteiger charge is 2.07. The number of amides is 1. The molecular formula is C22H29NO6S. The fourth-order valence-electron chi connectivity index (χ4n) is 2.88. The van der Waals surface area contributed by atoms with Gasteiger partial charge in [-0.25, -0.2) is 4.79 Å². The van der Waals surface area contributed by atoms with Crippen molar-refractivity contribution in [3.05, 3.63) is 59.7 Å². The van der Waals surface area contributed by atoms with Gasteiger partial charge in [0.2, 0.25) is 0 Å². The van der Waals surface area contributed by atoms with Crippen LogP contribution in [0.3, 0.4) is 0 Å².